The number of likely N-dealkylation sites (N-methyl/N-ethyl adjacent to an activating group) is 1. The van der Waals surface area contributed by atoms with E-state index in [1.807, 2.05) is 15.8 Å². The number of carbonyl (C=O) groups is 1. The molecular formula is C15H25N5O2. The lowest BCUT2D eigenvalue weighted by Crippen LogP contribution is -2.48. The number of aromatic nitrogens is 2. The highest BCUT2D eigenvalue weighted by atomic mass is 16.5. The number of piperazine rings is 1. The molecule has 1 N–H and O–H groups in total. The van der Waals surface area contributed by atoms with Crippen LogP contribution in [0.3, 0.4) is 0 Å². The molecule has 2 aliphatic heterocycles. The first-order chi connectivity index (χ1) is 10.7. The van der Waals surface area contributed by atoms with Crippen LogP contribution in [0.25, 0.3) is 0 Å². The van der Waals surface area contributed by atoms with Crippen molar-refractivity contribution in [2.24, 2.45) is 0 Å². The predicted molar refractivity (Wildman–Crippen MR) is 83.9 cm³/mol. The number of amides is 2. The third-order valence-corrected chi connectivity index (χ3v) is 4.34. The monoisotopic (exact) mass is 307 g/mol. The van der Waals surface area contributed by atoms with Gasteiger partial charge in [-0.25, -0.2) is 4.79 Å². The standard InChI is InChI=1S/C15H25N5O2/c1-18-5-7-19(8-6-18)15(21)17-13-10-16-20(11-13)12-14-4-2-3-9-22-14/h10-11,14H,2-9,12H2,1H3,(H,17,21). The van der Waals surface area contributed by atoms with E-state index in [0.29, 0.717) is 0 Å². The lowest BCUT2D eigenvalue weighted by molar-refractivity contribution is 0.00401. The van der Waals surface area contributed by atoms with Gasteiger partial charge in [0.1, 0.15) is 0 Å². The minimum Gasteiger partial charge on any atom is -0.376 e. The zero-order valence-corrected chi connectivity index (χ0v) is 13.2. The number of ether oxygens (including phenoxy) is 1. The molecular weight excluding hydrogens is 282 g/mol. The molecule has 2 aliphatic rings. The third kappa shape index (κ3) is 3.98. The van der Waals surface area contributed by atoms with Gasteiger partial charge in [0.25, 0.3) is 0 Å². The Bertz CT molecular complexity index is 490. The van der Waals surface area contributed by atoms with Crippen molar-refractivity contribution < 1.29 is 9.53 Å². The maximum atomic E-state index is 12.2. The first-order valence-corrected chi connectivity index (χ1v) is 8.09. The van der Waals surface area contributed by atoms with Gasteiger partial charge in [0, 0.05) is 39.0 Å². The van der Waals surface area contributed by atoms with Gasteiger partial charge in [-0.05, 0) is 26.3 Å². The van der Waals surface area contributed by atoms with Gasteiger partial charge in [0.05, 0.1) is 24.5 Å². The van der Waals surface area contributed by atoms with Crippen LogP contribution in [0.4, 0.5) is 10.5 Å². The van der Waals surface area contributed by atoms with E-state index in [1.165, 1.54) is 6.42 Å². The van der Waals surface area contributed by atoms with Crippen molar-refractivity contribution in [3.05, 3.63) is 12.4 Å². The Hall–Kier alpha value is -1.60. The summed E-state index contributed by atoms with van der Waals surface area (Å²) >= 11 is 0. The number of carbonyl (C=O) groups excluding carboxylic acids is 1. The number of anilines is 1. The third-order valence-electron chi connectivity index (χ3n) is 4.34. The smallest absolute Gasteiger partial charge is 0.322 e. The highest BCUT2D eigenvalue weighted by molar-refractivity contribution is 5.89. The molecule has 1 aromatic rings. The molecule has 0 saturated carbocycles. The molecule has 3 rings (SSSR count). The highest BCUT2D eigenvalue weighted by Gasteiger charge is 2.20. The van der Waals surface area contributed by atoms with Crippen LogP contribution in [0, 0.1) is 0 Å². The van der Waals surface area contributed by atoms with Crippen molar-refractivity contribution in [1.82, 2.24) is 19.6 Å². The van der Waals surface area contributed by atoms with E-state index in [9.17, 15) is 4.79 Å². The Morgan fingerprint density at radius 3 is 2.91 bits per heavy atom. The minimum atomic E-state index is -0.0402. The first kappa shape index (κ1) is 15.3. The highest BCUT2D eigenvalue weighted by Crippen LogP contribution is 2.15. The van der Waals surface area contributed by atoms with E-state index < -0.39 is 0 Å². The molecule has 7 nitrogen and oxygen atoms in total. The molecule has 0 radical (unpaired) electrons. The quantitative estimate of drug-likeness (QED) is 0.912. The summed E-state index contributed by atoms with van der Waals surface area (Å²) in [5, 5.41) is 7.24. The van der Waals surface area contributed by atoms with Gasteiger partial charge < -0.3 is 19.9 Å². The maximum Gasteiger partial charge on any atom is 0.322 e. The van der Waals surface area contributed by atoms with Crippen molar-refractivity contribution in [1.29, 1.82) is 0 Å². The molecule has 7 heteroatoms. The SMILES string of the molecule is CN1CCN(C(=O)Nc2cnn(CC3CCCCO3)c2)CC1. The molecule has 3 heterocycles. The Kier molecular flexibility index (Phi) is 4.94. The lowest BCUT2D eigenvalue weighted by Gasteiger charge is -2.32. The second-order valence-corrected chi connectivity index (χ2v) is 6.16. The van der Waals surface area contributed by atoms with E-state index in [-0.39, 0.29) is 12.1 Å². The normalized spacial score (nSPS) is 23.5. The second kappa shape index (κ2) is 7.11. The predicted octanol–water partition coefficient (Wildman–Crippen LogP) is 1.23. The Labute approximate surface area is 131 Å². The van der Waals surface area contributed by atoms with Crippen LogP contribution in [0.5, 0.6) is 0 Å². The number of rotatable bonds is 3. The van der Waals surface area contributed by atoms with Crippen LogP contribution in [0.2, 0.25) is 0 Å². The summed E-state index contributed by atoms with van der Waals surface area (Å²) in [7, 11) is 2.08. The molecule has 0 aliphatic carbocycles. The molecule has 2 amide bonds. The molecule has 0 spiro atoms. The summed E-state index contributed by atoms with van der Waals surface area (Å²) in [5.41, 5.74) is 0.750. The van der Waals surface area contributed by atoms with E-state index in [2.05, 4.69) is 22.4 Å². The van der Waals surface area contributed by atoms with Gasteiger partial charge in [-0.15, -0.1) is 0 Å². The van der Waals surface area contributed by atoms with Gasteiger partial charge in [0.15, 0.2) is 0 Å². The van der Waals surface area contributed by atoms with Gasteiger partial charge in [-0.2, -0.15) is 5.10 Å². The van der Waals surface area contributed by atoms with Gasteiger partial charge in [-0.1, -0.05) is 0 Å². The van der Waals surface area contributed by atoms with Crippen LogP contribution in [-0.2, 0) is 11.3 Å². The molecule has 22 heavy (non-hydrogen) atoms. The molecule has 0 bridgehead atoms. The van der Waals surface area contributed by atoms with Gasteiger partial charge in [-0.3, -0.25) is 4.68 Å². The molecule has 1 aromatic heterocycles. The van der Waals surface area contributed by atoms with Crippen LogP contribution >= 0.6 is 0 Å². The number of hydrogen-bond acceptors (Lipinski definition) is 4. The van der Waals surface area contributed by atoms with Crippen molar-refractivity contribution in [2.45, 2.75) is 31.9 Å². The summed E-state index contributed by atoms with van der Waals surface area (Å²) in [6.45, 7) is 4.99. The summed E-state index contributed by atoms with van der Waals surface area (Å²) < 4.78 is 7.57. The first-order valence-electron chi connectivity index (χ1n) is 8.09. The fourth-order valence-electron chi connectivity index (χ4n) is 2.90. The molecule has 2 fully saturated rings. The molecule has 122 valence electrons. The zero-order chi connectivity index (χ0) is 15.4. The summed E-state index contributed by atoms with van der Waals surface area (Å²) in [6, 6.07) is -0.0402. The van der Waals surface area contributed by atoms with Crippen molar-refractivity contribution in [3.8, 4) is 0 Å². The lowest BCUT2D eigenvalue weighted by atomic mass is 10.1. The van der Waals surface area contributed by atoms with Gasteiger partial charge >= 0.3 is 6.03 Å². The molecule has 0 aromatic carbocycles. The second-order valence-electron chi connectivity index (χ2n) is 6.16. The van der Waals surface area contributed by atoms with Gasteiger partial charge in [0.2, 0.25) is 0 Å². The Balaban J connectivity index is 1.49. The van der Waals surface area contributed by atoms with Crippen LogP contribution in [0.1, 0.15) is 19.3 Å². The molecule has 1 atom stereocenters. The minimum absolute atomic E-state index is 0.0402. The number of nitrogens with zero attached hydrogens (tertiary/aromatic N) is 4. The van der Waals surface area contributed by atoms with Crippen molar-refractivity contribution >= 4 is 11.7 Å². The van der Waals surface area contributed by atoms with Crippen LogP contribution in [0.15, 0.2) is 12.4 Å². The number of nitrogens with one attached hydrogen (secondary N) is 1. The van der Waals surface area contributed by atoms with E-state index in [1.54, 1.807) is 6.20 Å². The van der Waals surface area contributed by atoms with E-state index in [4.69, 9.17) is 4.74 Å². The summed E-state index contributed by atoms with van der Waals surface area (Å²) in [5.74, 6) is 0. The van der Waals surface area contributed by atoms with Crippen LogP contribution < -0.4 is 5.32 Å². The topological polar surface area (TPSA) is 62.6 Å². The summed E-state index contributed by atoms with van der Waals surface area (Å²) in [6.07, 6.45) is 7.29. The van der Waals surface area contributed by atoms with E-state index in [0.717, 1.165) is 57.9 Å². The Morgan fingerprint density at radius 1 is 1.36 bits per heavy atom. The molecule has 2 saturated heterocycles. The fourth-order valence-corrected chi connectivity index (χ4v) is 2.90. The van der Waals surface area contributed by atoms with Crippen molar-refractivity contribution in [2.75, 3.05) is 45.2 Å². The molecule has 1 unspecified atom stereocenters. The van der Waals surface area contributed by atoms with E-state index >= 15 is 0 Å². The summed E-state index contributed by atoms with van der Waals surface area (Å²) in [4.78, 5) is 16.3. The average molecular weight is 307 g/mol. The Morgan fingerprint density at radius 2 is 2.18 bits per heavy atom. The fraction of sp³-hybridized carbons (Fsp3) is 0.733. The van der Waals surface area contributed by atoms with Crippen LogP contribution in [-0.4, -0.2) is 71.5 Å². The largest absolute Gasteiger partial charge is 0.376 e. The number of hydrogen-bond donors (Lipinski definition) is 1. The van der Waals surface area contributed by atoms with Crippen molar-refractivity contribution in [3.63, 3.8) is 0 Å². The average Bonchev–Trinajstić information content (AvgIpc) is 2.96. The zero-order valence-electron chi connectivity index (χ0n) is 13.2. The maximum absolute atomic E-state index is 12.2. The number of urea groups is 1.